The topological polar surface area (TPSA) is 56.5 Å². The average Bonchev–Trinajstić information content (AvgIpc) is 3.06. The monoisotopic (exact) mass is 351 g/mol. The summed E-state index contributed by atoms with van der Waals surface area (Å²) in [5.41, 5.74) is 3.83. The van der Waals surface area contributed by atoms with E-state index in [1.807, 2.05) is 30.5 Å². The second-order valence-corrected chi connectivity index (χ2v) is 6.03. The standard InChI is InChI=1S/C19H14ClN3O2/c1-25-18(24)13-7-8-15-16(10-13)22-19(20)23-11-14(21-17(15)23)9-12-5-3-2-4-6-12/h2-8,10-11H,9H2,1H3. The minimum absolute atomic E-state index is 0.302. The number of halogens is 1. The fourth-order valence-electron chi connectivity index (χ4n) is 2.86. The molecule has 2 heterocycles. The fraction of sp³-hybridized carbons (Fsp3) is 0.105. The molecule has 5 nitrogen and oxygen atoms in total. The first-order valence-electron chi connectivity index (χ1n) is 7.75. The zero-order valence-electron chi connectivity index (χ0n) is 13.4. The van der Waals surface area contributed by atoms with E-state index >= 15 is 0 Å². The number of benzene rings is 2. The molecule has 4 rings (SSSR count). The van der Waals surface area contributed by atoms with E-state index in [0.717, 1.165) is 16.7 Å². The van der Waals surface area contributed by atoms with Gasteiger partial charge in [0, 0.05) is 18.0 Å². The number of hydrogen-bond donors (Lipinski definition) is 0. The van der Waals surface area contributed by atoms with Gasteiger partial charge >= 0.3 is 5.97 Å². The minimum Gasteiger partial charge on any atom is -0.465 e. The Morgan fingerprint density at radius 2 is 1.96 bits per heavy atom. The lowest BCUT2D eigenvalue weighted by molar-refractivity contribution is 0.0601. The predicted molar refractivity (Wildman–Crippen MR) is 96.1 cm³/mol. The van der Waals surface area contributed by atoms with Crippen molar-refractivity contribution in [1.29, 1.82) is 0 Å². The molecule has 0 unspecified atom stereocenters. The molecule has 0 bridgehead atoms. The number of imidazole rings is 1. The van der Waals surface area contributed by atoms with Crippen LogP contribution in [0, 0.1) is 0 Å². The van der Waals surface area contributed by atoms with Gasteiger partial charge < -0.3 is 4.74 Å². The van der Waals surface area contributed by atoms with E-state index in [0.29, 0.717) is 22.8 Å². The number of aromatic nitrogens is 3. The molecule has 0 fully saturated rings. The van der Waals surface area contributed by atoms with Gasteiger partial charge in [0.25, 0.3) is 0 Å². The van der Waals surface area contributed by atoms with Gasteiger partial charge in [-0.25, -0.2) is 14.8 Å². The average molecular weight is 352 g/mol. The number of methoxy groups -OCH3 is 1. The second-order valence-electron chi connectivity index (χ2n) is 5.69. The Morgan fingerprint density at radius 1 is 1.16 bits per heavy atom. The van der Waals surface area contributed by atoms with Crippen LogP contribution in [0.3, 0.4) is 0 Å². The molecule has 0 saturated heterocycles. The van der Waals surface area contributed by atoms with E-state index in [4.69, 9.17) is 21.3 Å². The number of fused-ring (bicyclic) bond motifs is 3. The third-order valence-electron chi connectivity index (χ3n) is 4.06. The Hall–Kier alpha value is -2.92. The van der Waals surface area contributed by atoms with Crippen LogP contribution in [0.4, 0.5) is 0 Å². The number of carbonyl (C=O) groups is 1. The van der Waals surface area contributed by atoms with Crippen LogP contribution in [0.25, 0.3) is 16.6 Å². The number of hydrogen-bond acceptors (Lipinski definition) is 4. The number of carbonyl (C=O) groups excluding carboxylic acids is 1. The highest BCUT2D eigenvalue weighted by Crippen LogP contribution is 2.24. The lowest BCUT2D eigenvalue weighted by Crippen LogP contribution is -2.01. The van der Waals surface area contributed by atoms with Crippen molar-refractivity contribution in [3.05, 3.63) is 76.8 Å². The highest BCUT2D eigenvalue weighted by molar-refractivity contribution is 6.29. The quantitative estimate of drug-likeness (QED) is 0.415. The maximum atomic E-state index is 11.7. The predicted octanol–water partition coefficient (Wildman–Crippen LogP) is 3.91. The summed E-state index contributed by atoms with van der Waals surface area (Å²) in [5.74, 6) is -0.409. The lowest BCUT2D eigenvalue weighted by atomic mass is 10.1. The van der Waals surface area contributed by atoms with E-state index in [1.54, 1.807) is 16.5 Å². The highest BCUT2D eigenvalue weighted by atomic mass is 35.5. The zero-order chi connectivity index (χ0) is 17.4. The summed E-state index contributed by atoms with van der Waals surface area (Å²) in [7, 11) is 1.35. The fourth-order valence-corrected chi connectivity index (χ4v) is 3.08. The summed E-state index contributed by atoms with van der Waals surface area (Å²) in [6.45, 7) is 0. The smallest absolute Gasteiger partial charge is 0.337 e. The van der Waals surface area contributed by atoms with Crippen molar-refractivity contribution >= 4 is 34.1 Å². The largest absolute Gasteiger partial charge is 0.465 e. The van der Waals surface area contributed by atoms with Crippen molar-refractivity contribution in [3.63, 3.8) is 0 Å². The van der Waals surface area contributed by atoms with Crippen molar-refractivity contribution in [3.8, 4) is 0 Å². The number of rotatable bonds is 3. The van der Waals surface area contributed by atoms with Gasteiger partial charge in [-0.3, -0.25) is 4.40 Å². The summed E-state index contributed by atoms with van der Waals surface area (Å²) in [4.78, 5) is 20.8. The molecule has 25 heavy (non-hydrogen) atoms. The summed E-state index contributed by atoms with van der Waals surface area (Å²) >= 11 is 6.31. The molecule has 0 N–H and O–H groups in total. The molecule has 0 saturated carbocycles. The van der Waals surface area contributed by atoms with Crippen LogP contribution in [0.5, 0.6) is 0 Å². The van der Waals surface area contributed by atoms with Crippen LogP contribution in [-0.4, -0.2) is 27.4 Å². The Balaban J connectivity index is 1.84. The molecule has 0 atom stereocenters. The molecule has 0 spiro atoms. The molecule has 0 aliphatic rings. The summed E-state index contributed by atoms with van der Waals surface area (Å²) in [6.07, 6.45) is 2.60. The van der Waals surface area contributed by atoms with Gasteiger partial charge in [-0.2, -0.15) is 0 Å². The first kappa shape index (κ1) is 15.6. The van der Waals surface area contributed by atoms with Crippen LogP contribution in [-0.2, 0) is 11.2 Å². The van der Waals surface area contributed by atoms with Gasteiger partial charge in [0.15, 0.2) is 0 Å². The maximum absolute atomic E-state index is 11.7. The van der Waals surface area contributed by atoms with Gasteiger partial charge in [-0.15, -0.1) is 0 Å². The SMILES string of the molecule is COC(=O)c1ccc2c(c1)nc(Cl)n1cc(Cc3ccccc3)nc21. The molecule has 6 heteroatoms. The number of nitrogens with zero attached hydrogens (tertiary/aromatic N) is 3. The number of ether oxygens (including phenoxy) is 1. The van der Waals surface area contributed by atoms with E-state index < -0.39 is 5.97 Å². The van der Waals surface area contributed by atoms with E-state index in [1.165, 1.54) is 12.7 Å². The van der Waals surface area contributed by atoms with Gasteiger partial charge in [-0.1, -0.05) is 30.3 Å². The normalized spacial score (nSPS) is 11.1. The molecule has 2 aromatic carbocycles. The van der Waals surface area contributed by atoms with Gasteiger partial charge in [0.1, 0.15) is 5.65 Å². The molecule has 0 radical (unpaired) electrons. The molecule has 0 amide bonds. The third kappa shape index (κ3) is 2.83. The summed E-state index contributed by atoms with van der Waals surface area (Å²) < 4.78 is 6.52. The summed E-state index contributed by atoms with van der Waals surface area (Å²) in [5, 5.41) is 1.13. The van der Waals surface area contributed by atoms with Crippen molar-refractivity contribution in [2.75, 3.05) is 7.11 Å². The molecule has 2 aromatic heterocycles. The Kier molecular flexibility index (Phi) is 3.86. The van der Waals surface area contributed by atoms with Crippen LogP contribution < -0.4 is 0 Å². The van der Waals surface area contributed by atoms with Crippen LogP contribution in [0.1, 0.15) is 21.6 Å². The molecular weight excluding hydrogens is 338 g/mol. The third-order valence-corrected chi connectivity index (χ3v) is 4.32. The van der Waals surface area contributed by atoms with Crippen LogP contribution in [0.15, 0.2) is 54.7 Å². The van der Waals surface area contributed by atoms with Gasteiger partial charge in [0.2, 0.25) is 5.28 Å². The Labute approximate surface area is 148 Å². The molecule has 0 aliphatic heterocycles. The number of esters is 1. The van der Waals surface area contributed by atoms with Crippen LogP contribution in [0.2, 0.25) is 5.28 Å². The molecule has 124 valence electrons. The lowest BCUT2D eigenvalue weighted by Gasteiger charge is -2.04. The first-order chi connectivity index (χ1) is 12.2. The van der Waals surface area contributed by atoms with Crippen molar-refractivity contribution in [2.45, 2.75) is 6.42 Å². The Morgan fingerprint density at radius 3 is 2.72 bits per heavy atom. The van der Waals surface area contributed by atoms with Gasteiger partial charge in [-0.05, 0) is 35.4 Å². The second kappa shape index (κ2) is 6.18. The van der Waals surface area contributed by atoms with Gasteiger partial charge in [0.05, 0.1) is 23.9 Å². The summed E-state index contributed by atoms with van der Waals surface area (Å²) in [6, 6.07) is 15.3. The highest BCUT2D eigenvalue weighted by Gasteiger charge is 2.13. The van der Waals surface area contributed by atoms with Crippen molar-refractivity contribution in [2.24, 2.45) is 0 Å². The molecule has 4 aromatic rings. The van der Waals surface area contributed by atoms with Crippen LogP contribution >= 0.6 is 11.6 Å². The first-order valence-corrected chi connectivity index (χ1v) is 8.13. The zero-order valence-corrected chi connectivity index (χ0v) is 14.2. The van der Waals surface area contributed by atoms with E-state index in [-0.39, 0.29) is 0 Å². The minimum atomic E-state index is -0.409. The molecular formula is C19H14ClN3O2. The Bertz CT molecular complexity index is 1090. The maximum Gasteiger partial charge on any atom is 0.337 e. The van der Waals surface area contributed by atoms with E-state index in [9.17, 15) is 4.79 Å². The van der Waals surface area contributed by atoms with E-state index in [2.05, 4.69) is 17.1 Å². The van der Waals surface area contributed by atoms with Crippen molar-refractivity contribution < 1.29 is 9.53 Å². The van der Waals surface area contributed by atoms with Crippen molar-refractivity contribution in [1.82, 2.24) is 14.4 Å². The molecule has 0 aliphatic carbocycles.